The van der Waals surface area contributed by atoms with Gasteiger partial charge in [-0.3, -0.25) is 0 Å². The van der Waals surface area contributed by atoms with Crippen molar-refractivity contribution in [2.45, 2.75) is 0 Å². The predicted octanol–water partition coefficient (Wildman–Crippen LogP) is 3.64. The zero-order valence-electron chi connectivity index (χ0n) is 10.7. The van der Waals surface area contributed by atoms with E-state index in [1.807, 2.05) is 36.4 Å². The highest BCUT2D eigenvalue weighted by Gasteiger charge is 2.19. The molecule has 0 amide bonds. The molecule has 0 unspecified atom stereocenters. The molecule has 4 nitrogen and oxygen atoms in total. The molecular formula is C15H10BrN3O. The topological polar surface area (TPSA) is 50.3 Å². The van der Waals surface area contributed by atoms with Crippen LogP contribution < -0.4 is 4.74 Å². The van der Waals surface area contributed by atoms with Crippen molar-refractivity contribution in [3.63, 3.8) is 0 Å². The summed E-state index contributed by atoms with van der Waals surface area (Å²) in [5.74, 6) is 0.610. The highest BCUT2D eigenvalue weighted by Crippen LogP contribution is 2.35. The Morgan fingerprint density at radius 2 is 2.00 bits per heavy atom. The van der Waals surface area contributed by atoms with Gasteiger partial charge in [-0.05, 0) is 22.0 Å². The summed E-state index contributed by atoms with van der Waals surface area (Å²) >= 11 is 3.43. The second kappa shape index (κ2) is 4.99. The van der Waals surface area contributed by atoms with Crippen molar-refractivity contribution in [1.82, 2.24) is 9.61 Å². The lowest BCUT2D eigenvalue weighted by atomic mass is 10.1. The molecule has 20 heavy (non-hydrogen) atoms. The van der Waals surface area contributed by atoms with E-state index in [4.69, 9.17) is 4.74 Å². The fraction of sp³-hybridized carbons (Fsp3) is 0.0667. The normalized spacial score (nSPS) is 10.4. The number of pyridine rings is 1. The first-order valence-corrected chi connectivity index (χ1v) is 6.76. The van der Waals surface area contributed by atoms with E-state index in [1.54, 1.807) is 17.8 Å². The van der Waals surface area contributed by atoms with E-state index in [0.29, 0.717) is 22.5 Å². The third-order valence-corrected chi connectivity index (χ3v) is 3.69. The minimum atomic E-state index is 0.509. The number of aromatic nitrogens is 2. The molecule has 2 heterocycles. The fourth-order valence-corrected chi connectivity index (χ4v) is 2.65. The minimum Gasteiger partial charge on any atom is -0.493 e. The maximum Gasteiger partial charge on any atom is 0.160 e. The Morgan fingerprint density at radius 3 is 2.65 bits per heavy atom. The summed E-state index contributed by atoms with van der Waals surface area (Å²) < 4.78 is 7.86. The Morgan fingerprint density at radius 1 is 1.25 bits per heavy atom. The number of halogens is 1. The van der Waals surface area contributed by atoms with Crippen LogP contribution in [0.15, 0.2) is 47.1 Å². The van der Waals surface area contributed by atoms with Crippen molar-refractivity contribution in [3.8, 4) is 23.1 Å². The molecule has 0 aliphatic carbocycles. The number of fused-ring (bicyclic) bond motifs is 1. The third kappa shape index (κ3) is 1.86. The van der Waals surface area contributed by atoms with Gasteiger partial charge in [-0.15, -0.1) is 0 Å². The lowest BCUT2D eigenvalue weighted by Gasteiger charge is -2.04. The molecule has 2 aromatic heterocycles. The number of benzene rings is 1. The van der Waals surface area contributed by atoms with Gasteiger partial charge in [0.1, 0.15) is 22.8 Å². The monoisotopic (exact) mass is 327 g/mol. The van der Waals surface area contributed by atoms with E-state index >= 15 is 0 Å². The average molecular weight is 328 g/mol. The van der Waals surface area contributed by atoms with Crippen molar-refractivity contribution in [1.29, 1.82) is 5.26 Å². The van der Waals surface area contributed by atoms with Gasteiger partial charge >= 0.3 is 0 Å². The van der Waals surface area contributed by atoms with Gasteiger partial charge < -0.3 is 4.74 Å². The molecule has 0 radical (unpaired) electrons. The lowest BCUT2D eigenvalue weighted by Crippen LogP contribution is -1.92. The number of ether oxygens (including phenoxy) is 1. The Hall–Kier alpha value is -2.32. The van der Waals surface area contributed by atoms with Crippen LogP contribution in [0.5, 0.6) is 5.75 Å². The molecule has 1 aromatic carbocycles. The van der Waals surface area contributed by atoms with Gasteiger partial charge in [-0.2, -0.15) is 10.4 Å². The molecule has 0 saturated carbocycles. The first kappa shape index (κ1) is 12.7. The molecule has 0 aliphatic rings. The highest BCUT2D eigenvalue weighted by molar-refractivity contribution is 9.10. The van der Waals surface area contributed by atoms with Crippen molar-refractivity contribution in [2.24, 2.45) is 0 Å². The van der Waals surface area contributed by atoms with Crippen molar-refractivity contribution < 1.29 is 4.74 Å². The van der Waals surface area contributed by atoms with E-state index in [2.05, 4.69) is 27.1 Å². The number of nitriles is 1. The number of rotatable bonds is 2. The minimum absolute atomic E-state index is 0.509. The molecule has 3 rings (SSSR count). The van der Waals surface area contributed by atoms with E-state index in [0.717, 1.165) is 10.0 Å². The van der Waals surface area contributed by atoms with Crippen LogP contribution in [0.25, 0.3) is 16.8 Å². The Kier molecular flexibility index (Phi) is 3.17. The summed E-state index contributed by atoms with van der Waals surface area (Å²) in [6, 6.07) is 13.7. The standard InChI is InChI=1S/C15H10BrN3O/c1-20-15-12(16)7-8-19-14(15)11(9-17)13(18-19)10-5-3-2-4-6-10/h2-8H,1H3. The molecule has 0 spiro atoms. The van der Waals surface area contributed by atoms with Crippen LogP contribution in [0, 0.1) is 11.3 Å². The largest absolute Gasteiger partial charge is 0.493 e. The van der Waals surface area contributed by atoms with Crippen LogP contribution in [0.2, 0.25) is 0 Å². The van der Waals surface area contributed by atoms with E-state index in [1.165, 1.54) is 0 Å². The Bertz CT molecular complexity index is 818. The smallest absolute Gasteiger partial charge is 0.160 e. The second-order valence-electron chi connectivity index (χ2n) is 4.19. The van der Waals surface area contributed by atoms with Gasteiger partial charge in [0.25, 0.3) is 0 Å². The summed E-state index contributed by atoms with van der Waals surface area (Å²) in [6.45, 7) is 0. The zero-order valence-corrected chi connectivity index (χ0v) is 12.3. The maximum atomic E-state index is 9.50. The van der Waals surface area contributed by atoms with Gasteiger partial charge in [-0.1, -0.05) is 30.3 Å². The molecule has 0 bridgehead atoms. The van der Waals surface area contributed by atoms with Gasteiger partial charge in [0, 0.05) is 11.8 Å². The second-order valence-corrected chi connectivity index (χ2v) is 5.05. The van der Waals surface area contributed by atoms with Crippen LogP contribution in [-0.4, -0.2) is 16.7 Å². The summed E-state index contributed by atoms with van der Waals surface area (Å²) in [5.41, 5.74) is 2.74. The van der Waals surface area contributed by atoms with Crippen molar-refractivity contribution in [3.05, 3.63) is 52.6 Å². The Labute approximate surface area is 124 Å². The summed E-state index contributed by atoms with van der Waals surface area (Å²) in [4.78, 5) is 0. The van der Waals surface area contributed by atoms with Gasteiger partial charge in [0.15, 0.2) is 5.75 Å². The molecule has 5 heteroatoms. The summed E-state index contributed by atoms with van der Waals surface area (Å²) in [5, 5.41) is 14.0. The van der Waals surface area contributed by atoms with E-state index in [-0.39, 0.29) is 0 Å². The summed E-state index contributed by atoms with van der Waals surface area (Å²) in [6.07, 6.45) is 1.80. The maximum absolute atomic E-state index is 9.50. The van der Waals surface area contributed by atoms with E-state index in [9.17, 15) is 5.26 Å². The Balaban J connectivity index is 2.39. The van der Waals surface area contributed by atoms with E-state index < -0.39 is 0 Å². The van der Waals surface area contributed by atoms with Crippen LogP contribution in [0.4, 0.5) is 0 Å². The molecule has 98 valence electrons. The average Bonchev–Trinajstić information content (AvgIpc) is 2.87. The molecule has 0 N–H and O–H groups in total. The first-order valence-electron chi connectivity index (χ1n) is 5.96. The van der Waals surface area contributed by atoms with Crippen LogP contribution in [-0.2, 0) is 0 Å². The zero-order chi connectivity index (χ0) is 14.1. The van der Waals surface area contributed by atoms with Crippen molar-refractivity contribution >= 4 is 21.4 Å². The molecule has 0 saturated heterocycles. The first-order chi connectivity index (χ1) is 9.76. The number of hydrogen-bond acceptors (Lipinski definition) is 3. The SMILES string of the molecule is COc1c(Br)ccn2nc(-c3ccccc3)c(C#N)c12. The fourth-order valence-electron chi connectivity index (χ4n) is 2.18. The number of nitrogens with zero attached hydrogens (tertiary/aromatic N) is 3. The van der Waals surface area contributed by atoms with Gasteiger partial charge in [0.2, 0.25) is 0 Å². The van der Waals surface area contributed by atoms with Crippen LogP contribution >= 0.6 is 15.9 Å². The quantitative estimate of drug-likeness (QED) is 0.722. The molecular weight excluding hydrogens is 318 g/mol. The molecule has 0 atom stereocenters. The van der Waals surface area contributed by atoms with Gasteiger partial charge in [0.05, 0.1) is 11.6 Å². The molecule has 0 fully saturated rings. The number of hydrogen-bond donors (Lipinski definition) is 0. The van der Waals surface area contributed by atoms with Crippen LogP contribution in [0.1, 0.15) is 5.56 Å². The predicted molar refractivity (Wildman–Crippen MR) is 79.6 cm³/mol. The molecule has 3 aromatic rings. The van der Waals surface area contributed by atoms with Crippen molar-refractivity contribution in [2.75, 3.05) is 7.11 Å². The highest BCUT2D eigenvalue weighted by atomic mass is 79.9. The van der Waals surface area contributed by atoms with Crippen LogP contribution in [0.3, 0.4) is 0 Å². The van der Waals surface area contributed by atoms with Gasteiger partial charge in [-0.25, -0.2) is 4.52 Å². The lowest BCUT2D eigenvalue weighted by molar-refractivity contribution is 0.415. The number of methoxy groups -OCH3 is 1. The molecule has 0 aliphatic heterocycles. The third-order valence-electron chi connectivity index (χ3n) is 3.07. The summed E-state index contributed by atoms with van der Waals surface area (Å²) in [7, 11) is 1.58.